The first kappa shape index (κ1) is 13.0. The van der Waals surface area contributed by atoms with Crippen molar-refractivity contribution in [2.24, 2.45) is 0 Å². The Balaban J connectivity index is 2.14. The molecule has 0 amide bonds. The van der Waals surface area contributed by atoms with Crippen molar-refractivity contribution >= 4 is 17.8 Å². The molecule has 1 heteroatoms. The van der Waals surface area contributed by atoms with Crippen molar-refractivity contribution in [1.29, 1.82) is 0 Å². The maximum Gasteiger partial charge on any atom is 0.0480 e. The molecule has 2 aromatic rings. The fourth-order valence-electron chi connectivity index (χ4n) is 1.85. The minimum Gasteiger partial charge on any atom is -0.150 e. The highest BCUT2D eigenvalue weighted by molar-refractivity contribution is 7.99. The normalized spacial score (nSPS) is 12.7. The summed E-state index contributed by atoms with van der Waals surface area (Å²) in [4.78, 5) is 0. The number of benzene rings is 2. The number of hydrogen-bond donors (Lipinski definition) is 0. The van der Waals surface area contributed by atoms with Crippen LogP contribution in [0.4, 0.5) is 0 Å². The zero-order valence-corrected chi connectivity index (χ0v) is 11.4. The molecule has 1 unspecified atom stereocenters. The summed E-state index contributed by atoms with van der Waals surface area (Å²) in [5.41, 5.74) is 2.63. The van der Waals surface area contributed by atoms with Crippen molar-refractivity contribution in [1.82, 2.24) is 0 Å². The van der Waals surface area contributed by atoms with Crippen LogP contribution >= 0.6 is 11.8 Å². The molecule has 0 bridgehead atoms. The van der Waals surface area contributed by atoms with Gasteiger partial charge in [0.15, 0.2) is 0 Å². The molecule has 0 nitrogen and oxygen atoms in total. The van der Waals surface area contributed by atoms with E-state index in [0.29, 0.717) is 5.25 Å². The van der Waals surface area contributed by atoms with Gasteiger partial charge in [0.25, 0.3) is 0 Å². The summed E-state index contributed by atoms with van der Waals surface area (Å²) in [7, 11) is 0. The van der Waals surface area contributed by atoms with Crippen molar-refractivity contribution in [2.45, 2.75) is 12.2 Å². The molecule has 18 heavy (non-hydrogen) atoms. The van der Waals surface area contributed by atoms with Gasteiger partial charge in [0.05, 0.1) is 0 Å². The van der Waals surface area contributed by atoms with Gasteiger partial charge in [-0.15, -0.1) is 11.8 Å². The SMILES string of the molecule is CCSC(/C=C/c1ccccc1)c1ccccc1. The zero-order valence-electron chi connectivity index (χ0n) is 10.6. The van der Waals surface area contributed by atoms with Gasteiger partial charge in [-0.25, -0.2) is 0 Å². The Morgan fingerprint density at radius 2 is 1.56 bits per heavy atom. The molecule has 0 aliphatic heterocycles. The minimum atomic E-state index is 0.441. The molecule has 0 N–H and O–H groups in total. The quantitative estimate of drug-likeness (QED) is 0.707. The van der Waals surface area contributed by atoms with Crippen LogP contribution in [0.2, 0.25) is 0 Å². The summed E-state index contributed by atoms with van der Waals surface area (Å²) < 4.78 is 0. The lowest BCUT2D eigenvalue weighted by molar-refractivity contribution is 1.23. The van der Waals surface area contributed by atoms with E-state index in [1.165, 1.54) is 11.1 Å². The molecule has 0 saturated carbocycles. The molecule has 1 atom stereocenters. The van der Waals surface area contributed by atoms with Crippen LogP contribution < -0.4 is 0 Å². The van der Waals surface area contributed by atoms with E-state index in [1.54, 1.807) is 0 Å². The van der Waals surface area contributed by atoms with Crippen LogP contribution in [-0.2, 0) is 0 Å². The van der Waals surface area contributed by atoms with Crippen LogP contribution in [-0.4, -0.2) is 5.75 Å². The smallest absolute Gasteiger partial charge is 0.0480 e. The van der Waals surface area contributed by atoms with Crippen LogP contribution in [0, 0.1) is 0 Å². The monoisotopic (exact) mass is 254 g/mol. The van der Waals surface area contributed by atoms with E-state index >= 15 is 0 Å². The zero-order chi connectivity index (χ0) is 12.6. The molecule has 0 radical (unpaired) electrons. The van der Waals surface area contributed by atoms with Crippen LogP contribution in [0.3, 0.4) is 0 Å². The average molecular weight is 254 g/mol. The van der Waals surface area contributed by atoms with Gasteiger partial charge in [-0.1, -0.05) is 79.7 Å². The van der Waals surface area contributed by atoms with Crippen LogP contribution in [0.25, 0.3) is 6.08 Å². The molecule has 92 valence electrons. The second kappa shape index (κ2) is 7.07. The molecule has 0 spiro atoms. The third kappa shape index (κ3) is 3.78. The van der Waals surface area contributed by atoms with Gasteiger partial charge in [-0.3, -0.25) is 0 Å². The molecule has 0 aliphatic carbocycles. The number of rotatable bonds is 5. The molecule has 2 aromatic carbocycles. The first-order chi connectivity index (χ1) is 8.90. The van der Waals surface area contributed by atoms with E-state index in [4.69, 9.17) is 0 Å². The van der Waals surface area contributed by atoms with E-state index < -0.39 is 0 Å². The molecule has 2 rings (SSSR count). The average Bonchev–Trinajstić information content (AvgIpc) is 2.45. The first-order valence-electron chi connectivity index (χ1n) is 6.30. The van der Waals surface area contributed by atoms with Gasteiger partial charge in [-0.2, -0.15) is 0 Å². The first-order valence-corrected chi connectivity index (χ1v) is 7.35. The third-order valence-corrected chi connectivity index (χ3v) is 3.86. The lowest BCUT2D eigenvalue weighted by atomic mass is 10.1. The lowest BCUT2D eigenvalue weighted by Crippen LogP contribution is -1.90. The Kier molecular flexibility index (Phi) is 5.10. The standard InChI is InChI=1S/C17H18S/c1-2-18-17(16-11-7-4-8-12-16)14-13-15-9-5-3-6-10-15/h3-14,17H,2H2,1H3/b14-13+. The molecular formula is C17H18S. The van der Waals surface area contributed by atoms with E-state index in [-0.39, 0.29) is 0 Å². The van der Waals surface area contributed by atoms with Crippen molar-refractivity contribution in [3.63, 3.8) is 0 Å². The van der Waals surface area contributed by atoms with Crippen molar-refractivity contribution < 1.29 is 0 Å². The summed E-state index contributed by atoms with van der Waals surface area (Å²) >= 11 is 1.96. The Labute approximate surface area is 114 Å². The largest absolute Gasteiger partial charge is 0.150 e. The van der Waals surface area contributed by atoms with Crippen LogP contribution in [0.1, 0.15) is 23.3 Å². The predicted octanol–water partition coefficient (Wildman–Crippen LogP) is 5.19. The molecule has 0 fully saturated rings. The molecule has 0 heterocycles. The summed E-state index contributed by atoms with van der Waals surface area (Å²) in [6, 6.07) is 21.1. The van der Waals surface area contributed by atoms with Gasteiger partial charge in [-0.05, 0) is 16.9 Å². The number of thioether (sulfide) groups is 1. The fourth-order valence-corrected chi connectivity index (χ4v) is 2.75. The summed E-state index contributed by atoms with van der Waals surface area (Å²) in [6.45, 7) is 2.21. The molecule has 0 aromatic heterocycles. The Morgan fingerprint density at radius 1 is 0.944 bits per heavy atom. The minimum absolute atomic E-state index is 0.441. The maximum absolute atomic E-state index is 2.29. The topological polar surface area (TPSA) is 0 Å². The third-order valence-electron chi connectivity index (χ3n) is 2.74. The molecule has 0 aliphatic rings. The Bertz CT molecular complexity index is 473. The Hall–Kier alpha value is -1.47. The highest BCUT2D eigenvalue weighted by atomic mass is 32.2. The van der Waals surface area contributed by atoms with Crippen LogP contribution in [0.5, 0.6) is 0 Å². The Morgan fingerprint density at radius 3 is 2.17 bits per heavy atom. The summed E-state index contributed by atoms with van der Waals surface area (Å²) in [6.07, 6.45) is 4.50. The lowest BCUT2D eigenvalue weighted by Gasteiger charge is -2.11. The van der Waals surface area contributed by atoms with E-state index in [2.05, 4.69) is 73.7 Å². The summed E-state index contributed by atoms with van der Waals surface area (Å²) in [5.74, 6) is 1.12. The van der Waals surface area contributed by atoms with E-state index in [1.807, 2.05) is 17.8 Å². The van der Waals surface area contributed by atoms with Crippen molar-refractivity contribution in [3.8, 4) is 0 Å². The molecule has 0 saturated heterocycles. The second-order valence-corrected chi connectivity index (χ2v) is 5.47. The highest BCUT2D eigenvalue weighted by Gasteiger charge is 2.06. The summed E-state index contributed by atoms with van der Waals surface area (Å²) in [5, 5.41) is 0.441. The van der Waals surface area contributed by atoms with Gasteiger partial charge in [0.1, 0.15) is 0 Å². The van der Waals surface area contributed by atoms with E-state index in [0.717, 1.165) is 5.75 Å². The maximum atomic E-state index is 2.29. The van der Waals surface area contributed by atoms with Crippen molar-refractivity contribution in [2.75, 3.05) is 5.75 Å². The van der Waals surface area contributed by atoms with Gasteiger partial charge in [0, 0.05) is 5.25 Å². The number of hydrogen-bond acceptors (Lipinski definition) is 1. The van der Waals surface area contributed by atoms with Gasteiger partial charge < -0.3 is 0 Å². The van der Waals surface area contributed by atoms with Gasteiger partial charge >= 0.3 is 0 Å². The fraction of sp³-hybridized carbons (Fsp3) is 0.176. The highest BCUT2D eigenvalue weighted by Crippen LogP contribution is 2.30. The van der Waals surface area contributed by atoms with Crippen LogP contribution in [0.15, 0.2) is 66.7 Å². The predicted molar refractivity (Wildman–Crippen MR) is 82.8 cm³/mol. The second-order valence-electron chi connectivity index (χ2n) is 4.06. The van der Waals surface area contributed by atoms with Crippen molar-refractivity contribution in [3.05, 3.63) is 77.9 Å². The molecular weight excluding hydrogens is 236 g/mol. The van der Waals surface area contributed by atoms with Gasteiger partial charge in [0.2, 0.25) is 0 Å². The van der Waals surface area contributed by atoms with E-state index in [9.17, 15) is 0 Å².